The molecular formula is C21H22N2O4S. The number of esters is 1. The summed E-state index contributed by atoms with van der Waals surface area (Å²) in [6.07, 6.45) is 1.96. The topological polar surface area (TPSA) is 75.7 Å². The zero-order chi connectivity index (χ0) is 20.3. The number of likely N-dealkylation sites (tertiary alicyclic amines) is 1. The number of nitrogens with zero attached hydrogens (tertiary/aromatic N) is 1. The predicted molar refractivity (Wildman–Crippen MR) is 108 cm³/mol. The van der Waals surface area contributed by atoms with Crippen LogP contribution in [0.25, 0.3) is 11.1 Å². The zero-order valence-electron chi connectivity index (χ0n) is 16.0. The lowest BCUT2D eigenvalue weighted by Crippen LogP contribution is -2.65. The second kappa shape index (κ2) is 8.48. The van der Waals surface area contributed by atoms with Crippen molar-refractivity contribution in [3.63, 3.8) is 0 Å². The van der Waals surface area contributed by atoms with E-state index in [0.29, 0.717) is 12.1 Å². The Bertz CT molecular complexity index is 880. The number of thioether (sulfide) groups is 1. The molecule has 7 heteroatoms. The number of amides is 2. The average molecular weight is 398 g/mol. The van der Waals surface area contributed by atoms with Gasteiger partial charge in [0.15, 0.2) is 6.04 Å². The molecule has 146 valence electrons. The van der Waals surface area contributed by atoms with Gasteiger partial charge in [-0.15, -0.1) is 11.8 Å². The third-order valence-electron chi connectivity index (χ3n) is 4.62. The lowest BCUT2D eigenvalue weighted by Gasteiger charge is -2.42. The van der Waals surface area contributed by atoms with Crippen molar-refractivity contribution in [1.82, 2.24) is 10.2 Å². The number of benzene rings is 2. The highest BCUT2D eigenvalue weighted by molar-refractivity contribution is 7.98. The lowest BCUT2D eigenvalue weighted by molar-refractivity contribution is -0.162. The molecule has 2 amide bonds. The van der Waals surface area contributed by atoms with Crippen LogP contribution in [-0.2, 0) is 19.1 Å². The van der Waals surface area contributed by atoms with E-state index >= 15 is 0 Å². The summed E-state index contributed by atoms with van der Waals surface area (Å²) in [5.41, 5.74) is 3.55. The molecule has 3 aliphatic rings. The minimum atomic E-state index is -0.779. The van der Waals surface area contributed by atoms with E-state index in [-0.39, 0.29) is 11.8 Å². The molecule has 6 nitrogen and oxygen atoms in total. The van der Waals surface area contributed by atoms with Crippen molar-refractivity contribution in [3.05, 3.63) is 54.1 Å². The van der Waals surface area contributed by atoms with Crippen LogP contribution in [-0.4, -0.2) is 48.6 Å². The van der Waals surface area contributed by atoms with E-state index in [1.165, 1.54) is 30.1 Å². The van der Waals surface area contributed by atoms with Crippen LogP contribution in [0.1, 0.15) is 18.5 Å². The van der Waals surface area contributed by atoms with Gasteiger partial charge in [-0.1, -0.05) is 30.3 Å². The maximum Gasteiger partial charge on any atom is 0.333 e. The SMILES string of the molecule is COC(=O)C(c1ccc(SC)cc1)N1CC(NC(C)=O)C1=O.c1cc2cc-2c1. The summed E-state index contributed by atoms with van der Waals surface area (Å²) in [5.74, 6) is -1.04. The van der Waals surface area contributed by atoms with Gasteiger partial charge in [0, 0.05) is 11.8 Å². The molecule has 1 heterocycles. The third kappa shape index (κ3) is 4.36. The molecule has 1 aromatic rings. The summed E-state index contributed by atoms with van der Waals surface area (Å²) in [6, 6.07) is 14.6. The first-order valence-corrected chi connectivity index (χ1v) is 10.1. The van der Waals surface area contributed by atoms with Gasteiger partial charge in [0.25, 0.3) is 0 Å². The first-order chi connectivity index (χ1) is 13.4. The Hall–Kier alpha value is -2.80. The fourth-order valence-corrected chi connectivity index (χ4v) is 3.46. The molecule has 0 radical (unpaired) electrons. The van der Waals surface area contributed by atoms with E-state index in [1.807, 2.05) is 30.5 Å². The number of fused-ring (bicyclic) bond motifs is 1. The smallest absolute Gasteiger partial charge is 0.333 e. The summed E-state index contributed by atoms with van der Waals surface area (Å²) in [5, 5.41) is 2.55. The summed E-state index contributed by atoms with van der Waals surface area (Å²) in [6.45, 7) is 1.65. The van der Waals surface area contributed by atoms with Crippen LogP contribution in [0.5, 0.6) is 0 Å². The van der Waals surface area contributed by atoms with Crippen molar-refractivity contribution < 1.29 is 19.1 Å². The monoisotopic (exact) mass is 398 g/mol. The second-order valence-electron chi connectivity index (χ2n) is 6.52. The largest absolute Gasteiger partial charge is 0.467 e. The molecule has 1 N–H and O–H groups in total. The Balaban J connectivity index is 0.000000311. The second-order valence-corrected chi connectivity index (χ2v) is 7.40. The zero-order valence-corrected chi connectivity index (χ0v) is 16.8. The number of β-lactam (4-membered cyclic amide) rings is 1. The molecule has 0 bridgehead atoms. The minimum absolute atomic E-state index is 0.267. The molecule has 2 aliphatic carbocycles. The van der Waals surface area contributed by atoms with Gasteiger partial charge in [-0.25, -0.2) is 4.79 Å². The van der Waals surface area contributed by atoms with Gasteiger partial charge in [-0.3, -0.25) is 9.59 Å². The van der Waals surface area contributed by atoms with Crippen molar-refractivity contribution in [2.45, 2.75) is 23.9 Å². The number of carbonyl (C=O) groups is 3. The number of carbonyl (C=O) groups excluding carboxylic acids is 3. The van der Waals surface area contributed by atoms with Gasteiger partial charge >= 0.3 is 5.97 Å². The van der Waals surface area contributed by atoms with Crippen LogP contribution in [0.4, 0.5) is 0 Å². The molecule has 2 atom stereocenters. The summed E-state index contributed by atoms with van der Waals surface area (Å²) < 4.78 is 4.82. The fraction of sp³-hybridized carbons (Fsp3) is 0.286. The highest BCUT2D eigenvalue weighted by atomic mass is 32.2. The Morgan fingerprint density at radius 1 is 1.18 bits per heavy atom. The molecule has 1 saturated heterocycles. The van der Waals surface area contributed by atoms with Crippen molar-refractivity contribution in [1.29, 1.82) is 0 Å². The number of nitrogens with one attached hydrogen (secondary N) is 1. The van der Waals surface area contributed by atoms with E-state index in [2.05, 4.69) is 29.6 Å². The van der Waals surface area contributed by atoms with Crippen LogP contribution < -0.4 is 5.32 Å². The van der Waals surface area contributed by atoms with E-state index in [9.17, 15) is 14.4 Å². The van der Waals surface area contributed by atoms with E-state index < -0.39 is 18.1 Å². The molecule has 1 fully saturated rings. The molecule has 2 unspecified atom stereocenters. The number of hydrogen-bond donors (Lipinski definition) is 1. The molecule has 0 aromatic heterocycles. The van der Waals surface area contributed by atoms with Gasteiger partial charge < -0.3 is 15.0 Å². The molecule has 0 saturated carbocycles. The summed E-state index contributed by atoms with van der Waals surface area (Å²) in [4.78, 5) is 37.7. The Labute approximate surface area is 168 Å². The van der Waals surface area contributed by atoms with Crippen molar-refractivity contribution in [3.8, 4) is 11.1 Å². The highest BCUT2D eigenvalue weighted by Crippen LogP contribution is 2.32. The van der Waals surface area contributed by atoms with E-state index in [1.54, 1.807) is 11.8 Å². The number of hydrogen-bond acceptors (Lipinski definition) is 5. The molecular weight excluding hydrogens is 376 g/mol. The standard InChI is InChI=1S/C15H18N2O4S.C6H4/c1-9(18)16-12-8-17(14(12)19)13(15(20)21-2)10-4-6-11(22-3)7-5-10;1-2-5-4-6(5)3-1/h4-7,12-13H,8H2,1-3H3,(H,16,18);1-4H. The van der Waals surface area contributed by atoms with Crippen LogP contribution >= 0.6 is 11.8 Å². The van der Waals surface area contributed by atoms with Gasteiger partial charge in [-0.05, 0) is 41.1 Å². The first kappa shape index (κ1) is 19.9. The van der Waals surface area contributed by atoms with Crippen molar-refractivity contribution in [2.24, 2.45) is 0 Å². The van der Waals surface area contributed by atoms with E-state index in [4.69, 9.17) is 4.74 Å². The van der Waals surface area contributed by atoms with Crippen LogP contribution in [0.2, 0.25) is 0 Å². The number of rotatable bonds is 5. The van der Waals surface area contributed by atoms with E-state index in [0.717, 1.165) is 4.90 Å². The molecule has 4 rings (SSSR count). The summed E-state index contributed by atoms with van der Waals surface area (Å²) in [7, 11) is 1.29. The van der Waals surface area contributed by atoms with Crippen LogP contribution in [0, 0.1) is 0 Å². The lowest BCUT2D eigenvalue weighted by atomic mass is 9.98. The minimum Gasteiger partial charge on any atom is -0.467 e. The van der Waals surface area contributed by atoms with Crippen molar-refractivity contribution in [2.75, 3.05) is 19.9 Å². The Kier molecular flexibility index (Phi) is 6.04. The number of methoxy groups -OCH3 is 1. The summed E-state index contributed by atoms with van der Waals surface area (Å²) >= 11 is 1.60. The normalized spacial score (nSPS) is 16.9. The third-order valence-corrected chi connectivity index (χ3v) is 5.36. The average Bonchev–Trinajstić information content (AvgIpc) is 3.31. The van der Waals surface area contributed by atoms with Gasteiger partial charge in [0.2, 0.25) is 11.8 Å². The first-order valence-electron chi connectivity index (χ1n) is 8.84. The van der Waals surface area contributed by atoms with Gasteiger partial charge in [0.1, 0.15) is 6.04 Å². The molecule has 0 spiro atoms. The Morgan fingerprint density at radius 3 is 2.21 bits per heavy atom. The van der Waals surface area contributed by atoms with Crippen LogP contribution in [0.15, 0.2) is 53.4 Å². The fourth-order valence-electron chi connectivity index (χ4n) is 3.05. The predicted octanol–water partition coefficient (Wildman–Crippen LogP) is 2.64. The number of ether oxygens (including phenoxy) is 1. The van der Waals surface area contributed by atoms with Crippen LogP contribution in [0.3, 0.4) is 0 Å². The quantitative estimate of drug-likeness (QED) is 0.406. The molecule has 1 aliphatic heterocycles. The highest BCUT2D eigenvalue weighted by Gasteiger charge is 2.45. The van der Waals surface area contributed by atoms with Gasteiger partial charge in [-0.2, -0.15) is 0 Å². The Morgan fingerprint density at radius 2 is 1.82 bits per heavy atom. The maximum atomic E-state index is 12.2. The molecule has 1 aromatic carbocycles. The maximum absolute atomic E-state index is 12.2. The van der Waals surface area contributed by atoms with Crippen molar-refractivity contribution >= 4 is 29.5 Å². The molecule has 28 heavy (non-hydrogen) atoms. The van der Waals surface area contributed by atoms with Gasteiger partial charge in [0.05, 0.1) is 13.7 Å².